The van der Waals surface area contributed by atoms with Crippen LogP contribution in [0, 0.1) is 6.92 Å². The Hall–Kier alpha value is -3.65. The molecule has 0 spiro atoms. The number of ether oxygens (including phenoxy) is 3. The van der Waals surface area contributed by atoms with Gasteiger partial charge in [0.15, 0.2) is 6.61 Å². The summed E-state index contributed by atoms with van der Waals surface area (Å²) in [4.78, 5) is 25.0. The number of amides is 1. The van der Waals surface area contributed by atoms with Gasteiger partial charge in [0.2, 0.25) is 0 Å². The zero-order valence-corrected chi connectivity index (χ0v) is 23.0. The highest BCUT2D eigenvalue weighted by Crippen LogP contribution is 2.25. The van der Waals surface area contributed by atoms with Crippen LogP contribution in [-0.4, -0.2) is 31.3 Å². The van der Waals surface area contributed by atoms with Crippen LogP contribution in [0.15, 0.2) is 70.2 Å². The van der Waals surface area contributed by atoms with E-state index in [2.05, 4.69) is 46.4 Å². The predicted octanol–water partition coefficient (Wildman–Crippen LogP) is 6.42. The molecule has 7 nitrogen and oxygen atoms in total. The van der Waals surface area contributed by atoms with Gasteiger partial charge in [-0.3, -0.25) is 4.79 Å². The second-order valence-electron chi connectivity index (χ2n) is 8.71. The third kappa shape index (κ3) is 8.46. The van der Waals surface area contributed by atoms with Crippen molar-refractivity contribution in [2.45, 2.75) is 40.0 Å². The zero-order valence-electron chi connectivity index (χ0n) is 21.4. The molecule has 8 heteroatoms. The first-order valence-corrected chi connectivity index (χ1v) is 12.9. The smallest absolute Gasteiger partial charge is 0.343 e. The molecule has 0 heterocycles. The molecule has 0 atom stereocenters. The Morgan fingerprint density at radius 1 is 1.00 bits per heavy atom. The minimum absolute atomic E-state index is 0.183. The molecular weight excluding hydrogens is 536 g/mol. The molecule has 0 saturated carbocycles. The number of aryl methyl sites for hydroxylation is 1. The third-order valence-corrected chi connectivity index (χ3v) is 5.86. The Balaban J connectivity index is 1.60. The number of hydrazone groups is 1. The van der Waals surface area contributed by atoms with Gasteiger partial charge >= 0.3 is 5.97 Å². The molecule has 0 bridgehead atoms. The van der Waals surface area contributed by atoms with Crippen LogP contribution in [0.2, 0.25) is 0 Å². The van der Waals surface area contributed by atoms with Crippen molar-refractivity contribution >= 4 is 34.0 Å². The quantitative estimate of drug-likeness (QED) is 0.125. The van der Waals surface area contributed by atoms with Gasteiger partial charge in [-0.25, -0.2) is 10.2 Å². The summed E-state index contributed by atoms with van der Waals surface area (Å²) in [6.07, 6.45) is 2.31. The monoisotopic (exact) mass is 566 g/mol. The molecule has 0 aliphatic carbocycles. The maximum absolute atomic E-state index is 12.7. The van der Waals surface area contributed by atoms with Gasteiger partial charge in [0.1, 0.15) is 17.2 Å². The third-order valence-electron chi connectivity index (χ3n) is 5.37. The maximum Gasteiger partial charge on any atom is 0.343 e. The number of carbonyl (C=O) groups excluding carboxylic acids is 2. The molecule has 3 rings (SSSR count). The van der Waals surface area contributed by atoms with E-state index in [4.69, 9.17) is 14.2 Å². The van der Waals surface area contributed by atoms with Crippen molar-refractivity contribution in [2.75, 3.05) is 13.2 Å². The number of hydrogen-bond donors (Lipinski definition) is 1. The summed E-state index contributed by atoms with van der Waals surface area (Å²) in [7, 11) is 0. The molecule has 0 saturated heterocycles. The van der Waals surface area contributed by atoms with Gasteiger partial charge < -0.3 is 14.2 Å². The van der Waals surface area contributed by atoms with Crippen molar-refractivity contribution < 1.29 is 23.8 Å². The first-order chi connectivity index (χ1) is 17.8. The normalized spacial score (nSPS) is 11.0. The van der Waals surface area contributed by atoms with E-state index in [-0.39, 0.29) is 6.61 Å². The highest BCUT2D eigenvalue weighted by atomic mass is 79.9. The lowest BCUT2D eigenvalue weighted by atomic mass is 10.0. The zero-order chi connectivity index (χ0) is 26.8. The van der Waals surface area contributed by atoms with Gasteiger partial charge in [-0.15, -0.1) is 0 Å². The number of nitrogens with one attached hydrogen (secondary N) is 1. The van der Waals surface area contributed by atoms with Crippen molar-refractivity contribution in [3.05, 3.63) is 87.4 Å². The number of carbonyl (C=O) groups is 2. The summed E-state index contributed by atoms with van der Waals surface area (Å²) in [6.45, 7) is 8.58. The fourth-order valence-corrected chi connectivity index (χ4v) is 3.64. The van der Waals surface area contributed by atoms with E-state index in [1.165, 1.54) is 6.21 Å². The molecule has 1 N–H and O–H groups in total. The highest BCUT2D eigenvalue weighted by molar-refractivity contribution is 9.10. The van der Waals surface area contributed by atoms with Gasteiger partial charge in [-0.2, -0.15) is 5.10 Å². The van der Waals surface area contributed by atoms with Crippen molar-refractivity contribution in [3.63, 3.8) is 0 Å². The van der Waals surface area contributed by atoms with Crippen LogP contribution in [0.1, 0.15) is 60.2 Å². The van der Waals surface area contributed by atoms with E-state index >= 15 is 0 Å². The minimum Gasteiger partial charge on any atom is -0.494 e. The molecule has 3 aromatic rings. The molecule has 0 fully saturated rings. The summed E-state index contributed by atoms with van der Waals surface area (Å²) in [5.74, 6) is 1.08. The Morgan fingerprint density at radius 2 is 1.76 bits per heavy atom. The van der Waals surface area contributed by atoms with Crippen molar-refractivity contribution in [3.8, 4) is 17.2 Å². The average Bonchev–Trinajstić information content (AvgIpc) is 2.88. The second kappa shape index (κ2) is 13.6. The Bertz CT molecular complexity index is 1260. The molecule has 194 valence electrons. The van der Waals surface area contributed by atoms with Gasteiger partial charge in [-0.1, -0.05) is 48.8 Å². The van der Waals surface area contributed by atoms with Crippen LogP contribution in [0.4, 0.5) is 0 Å². The lowest BCUT2D eigenvalue weighted by Crippen LogP contribution is -2.24. The summed E-state index contributed by atoms with van der Waals surface area (Å²) >= 11 is 3.41. The van der Waals surface area contributed by atoms with Gasteiger partial charge in [-0.05, 0) is 78.9 Å². The number of rotatable bonds is 11. The van der Waals surface area contributed by atoms with Crippen LogP contribution in [0.3, 0.4) is 0 Å². The molecule has 1 amide bonds. The van der Waals surface area contributed by atoms with E-state index in [0.717, 1.165) is 22.0 Å². The number of benzene rings is 3. The van der Waals surface area contributed by atoms with Gasteiger partial charge in [0, 0.05) is 10.0 Å². The Kier molecular flexibility index (Phi) is 10.3. The van der Waals surface area contributed by atoms with Crippen LogP contribution in [-0.2, 0) is 4.79 Å². The van der Waals surface area contributed by atoms with E-state index in [1.807, 2.05) is 26.0 Å². The molecule has 0 aromatic heterocycles. The standard InChI is InChI=1S/C29H31BrN2O5/c1-5-14-35-25-11-8-21(9-12-25)29(34)37-26-13-10-24(30)15-23(26)17-31-32-28(33)18-36-27-16-22(19(2)3)7-6-20(27)4/h6-13,15-17,19H,5,14,18H2,1-4H3,(H,32,33)/b31-17-. The summed E-state index contributed by atoms with van der Waals surface area (Å²) in [5, 5.41) is 4.01. The molecule has 0 radical (unpaired) electrons. The van der Waals surface area contributed by atoms with E-state index in [1.54, 1.807) is 42.5 Å². The summed E-state index contributed by atoms with van der Waals surface area (Å²) in [6, 6.07) is 17.9. The molecular formula is C29H31BrN2O5. The van der Waals surface area contributed by atoms with Crippen molar-refractivity contribution in [1.82, 2.24) is 5.43 Å². The first-order valence-electron chi connectivity index (χ1n) is 12.1. The Morgan fingerprint density at radius 3 is 2.46 bits per heavy atom. The fourth-order valence-electron chi connectivity index (χ4n) is 3.26. The lowest BCUT2D eigenvalue weighted by Gasteiger charge is -2.12. The summed E-state index contributed by atoms with van der Waals surface area (Å²) in [5.41, 5.74) is 5.43. The highest BCUT2D eigenvalue weighted by Gasteiger charge is 2.12. The fraction of sp³-hybridized carbons (Fsp3) is 0.276. The van der Waals surface area contributed by atoms with Crippen LogP contribution >= 0.6 is 15.9 Å². The average molecular weight is 567 g/mol. The summed E-state index contributed by atoms with van der Waals surface area (Å²) < 4.78 is 17.6. The number of hydrogen-bond acceptors (Lipinski definition) is 6. The van der Waals surface area contributed by atoms with Crippen molar-refractivity contribution in [2.24, 2.45) is 5.10 Å². The van der Waals surface area contributed by atoms with Crippen LogP contribution < -0.4 is 19.6 Å². The number of nitrogens with zero attached hydrogens (tertiary/aromatic N) is 1. The number of halogens is 1. The van der Waals surface area contributed by atoms with E-state index in [0.29, 0.717) is 40.9 Å². The first kappa shape index (κ1) is 27.9. The maximum atomic E-state index is 12.7. The molecule has 0 aliphatic heterocycles. The van der Waals surface area contributed by atoms with Gasteiger partial charge in [0.25, 0.3) is 5.91 Å². The van der Waals surface area contributed by atoms with E-state index in [9.17, 15) is 9.59 Å². The van der Waals surface area contributed by atoms with Crippen molar-refractivity contribution in [1.29, 1.82) is 0 Å². The predicted molar refractivity (Wildman–Crippen MR) is 148 cm³/mol. The minimum atomic E-state index is -0.518. The Labute approximate surface area is 226 Å². The van der Waals surface area contributed by atoms with Gasteiger partial charge in [0.05, 0.1) is 18.4 Å². The molecule has 0 aliphatic rings. The topological polar surface area (TPSA) is 86.2 Å². The second-order valence-corrected chi connectivity index (χ2v) is 9.62. The molecule has 3 aromatic carbocycles. The lowest BCUT2D eigenvalue weighted by molar-refractivity contribution is -0.123. The van der Waals surface area contributed by atoms with Crippen LogP contribution in [0.25, 0.3) is 0 Å². The largest absolute Gasteiger partial charge is 0.494 e. The molecule has 0 unspecified atom stereocenters. The number of esters is 1. The van der Waals surface area contributed by atoms with E-state index < -0.39 is 11.9 Å². The SMILES string of the molecule is CCCOc1ccc(C(=O)Oc2ccc(Br)cc2/C=N\NC(=O)COc2cc(C(C)C)ccc2C)cc1. The molecule has 37 heavy (non-hydrogen) atoms. The van der Waals surface area contributed by atoms with Crippen LogP contribution in [0.5, 0.6) is 17.2 Å².